The summed E-state index contributed by atoms with van der Waals surface area (Å²) >= 11 is 14.1. The molecule has 0 aromatic heterocycles. The fourth-order valence-electron chi connectivity index (χ4n) is 7.74. The number of amides is 1. The SMILES string of the molecule is COc1cc(-c2cccc(-c3cccc(NCc4cc(OC)c(CN(C)C5CCCCC5)cc4Cl)c3C=N)c2Cl)ccc1CNCC1CCCC(=O)N1. The Hall–Kier alpha value is -4.08. The van der Waals surface area contributed by atoms with Crippen molar-refractivity contribution in [2.75, 3.05) is 33.1 Å². The van der Waals surface area contributed by atoms with Gasteiger partial charge in [0.15, 0.2) is 0 Å². The Morgan fingerprint density at radius 2 is 1.58 bits per heavy atom. The van der Waals surface area contributed by atoms with Gasteiger partial charge in [-0.3, -0.25) is 9.69 Å². The fourth-order valence-corrected chi connectivity index (χ4v) is 8.33. The molecule has 0 radical (unpaired) electrons. The van der Waals surface area contributed by atoms with Gasteiger partial charge in [0, 0.05) is 89.4 Å². The van der Waals surface area contributed by atoms with Gasteiger partial charge >= 0.3 is 0 Å². The van der Waals surface area contributed by atoms with Crippen molar-refractivity contribution in [1.29, 1.82) is 5.41 Å². The van der Waals surface area contributed by atoms with E-state index in [1.54, 1.807) is 14.2 Å². The molecule has 1 atom stereocenters. The molecule has 0 spiro atoms. The van der Waals surface area contributed by atoms with Crippen molar-refractivity contribution in [3.05, 3.63) is 99.0 Å². The van der Waals surface area contributed by atoms with Crippen LogP contribution < -0.4 is 25.4 Å². The molecule has 1 heterocycles. The van der Waals surface area contributed by atoms with Gasteiger partial charge in [-0.1, -0.05) is 84.9 Å². The number of hydrogen-bond acceptors (Lipinski definition) is 7. The molecule has 4 N–H and O–H groups in total. The van der Waals surface area contributed by atoms with Gasteiger partial charge in [-0.15, -0.1) is 0 Å². The second-order valence-corrected chi connectivity index (χ2v) is 15.0. The van der Waals surface area contributed by atoms with Crippen LogP contribution in [0.5, 0.6) is 11.5 Å². The molecule has 1 aliphatic carbocycles. The number of carbonyl (C=O) groups excluding carboxylic acids is 1. The molecule has 1 saturated heterocycles. The molecule has 280 valence electrons. The number of ether oxygens (including phenoxy) is 2. The zero-order valence-electron chi connectivity index (χ0n) is 31.0. The first-order chi connectivity index (χ1) is 25.8. The van der Waals surface area contributed by atoms with Gasteiger partial charge in [0.1, 0.15) is 11.5 Å². The summed E-state index contributed by atoms with van der Waals surface area (Å²) in [7, 11) is 5.58. The van der Waals surface area contributed by atoms with E-state index < -0.39 is 0 Å². The largest absolute Gasteiger partial charge is 0.496 e. The van der Waals surface area contributed by atoms with E-state index in [0.29, 0.717) is 42.1 Å². The zero-order valence-corrected chi connectivity index (χ0v) is 32.5. The summed E-state index contributed by atoms with van der Waals surface area (Å²) in [5.74, 6) is 1.71. The van der Waals surface area contributed by atoms with Crippen molar-refractivity contribution >= 4 is 41.0 Å². The van der Waals surface area contributed by atoms with E-state index in [1.807, 2.05) is 54.6 Å². The molecule has 10 heteroatoms. The minimum atomic E-state index is 0.125. The average Bonchev–Trinajstić information content (AvgIpc) is 3.18. The lowest BCUT2D eigenvalue weighted by Gasteiger charge is -2.31. The molecule has 1 amide bonds. The summed E-state index contributed by atoms with van der Waals surface area (Å²) in [5, 5.41) is 19.8. The number of nitrogens with one attached hydrogen (secondary N) is 4. The zero-order chi connectivity index (χ0) is 37.3. The third-order valence-corrected chi connectivity index (χ3v) is 11.5. The first-order valence-corrected chi connectivity index (χ1v) is 19.4. The molecule has 8 nitrogen and oxygen atoms in total. The molecule has 1 unspecified atom stereocenters. The molecule has 2 fully saturated rings. The first-order valence-electron chi connectivity index (χ1n) is 18.7. The van der Waals surface area contributed by atoms with E-state index >= 15 is 0 Å². The molecule has 2 aliphatic rings. The highest BCUT2D eigenvalue weighted by atomic mass is 35.5. The maximum atomic E-state index is 11.8. The van der Waals surface area contributed by atoms with Crippen molar-refractivity contribution in [3.63, 3.8) is 0 Å². The van der Waals surface area contributed by atoms with Crippen molar-refractivity contribution in [2.45, 2.75) is 83.1 Å². The lowest BCUT2D eigenvalue weighted by Crippen LogP contribution is -2.44. The van der Waals surface area contributed by atoms with Gasteiger partial charge in [-0.05, 0) is 73.7 Å². The van der Waals surface area contributed by atoms with Gasteiger partial charge in [-0.25, -0.2) is 0 Å². The third-order valence-electron chi connectivity index (χ3n) is 10.7. The van der Waals surface area contributed by atoms with Gasteiger partial charge in [-0.2, -0.15) is 0 Å². The first kappa shape index (κ1) is 38.6. The van der Waals surface area contributed by atoms with Crippen LogP contribution in [0.1, 0.15) is 73.6 Å². The Labute approximate surface area is 324 Å². The minimum absolute atomic E-state index is 0.125. The van der Waals surface area contributed by atoms with Crippen molar-refractivity contribution in [2.24, 2.45) is 0 Å². The molecule has 1 saturated carbocycles. The average molecular weight is 757 g/mol. The number of carbonyl (C=O) groups is 1. The van der Waals surface area contributed by atoms with Crippen LogP contribution in [0, 0.1) is 5.41 Å². The monoisotopic (exact) mass is 755 g/mol. The summed E-state index contributed by atoms with van der Waals surface area (Å²) in [6.07, 6.45) is 10.3. The van der Waals surface area contributed by atoms with Crippen LogP contribution in [0.4, 0.5) is 5.69 Å². The summed E-state index contributed by atoms with van der Waals surface area (Å²) in [4.78, 5) is 14.2. The fraction of sp³-hybridized carbons (Fsp3) is 0.395. The van der Waals surface area contributed by atoms with Crippen molar-refractivity contribution in [3.8, 4) is 33.8 Å². The normalized spacial score (nSPS) is 16.3. The number of piperidine rings is 1. The highest BCUT2D eigenvalue weighted by Gasteiger charge is 2.21. The quantitative estimate of drug-likeness (QED) is 0.0903. The molecule has 1 aliphatic heterocycles. The summed E-state index contributed by atoms with van der Waals surface area (Å²) in [5.41, 5.74) is 8.04. The number of methoxy groups -OCH3 is 2. The predicted molar refractivity (Wildman–Crippen MR) is 218 cm³/mol. The Balaban J connectivity index is 1.18. The maximum Gasteiger partial charge on any atom is 0.220 e. The maximum absolute atomic E-state index is 11.8. The lowest BCUT2D eigenvalue weighted by atomic mass is 9.94. The van der Waals surface area contributed by atoms with Crippen LogP contribution in [-0.2, 0) is 24.4 Å². The Bertz CT molecular complexity index is 1910. The van der Waals surface area contributed by atoms with Crippen molar-refractivity contribution < 1.29 is 14.3 Å². The second kappa shape index (κ2) is 18.3. The lowest BCUT2D eigenvalue weighted by molar-refractivity contribution is -0.123. The molecular weight excluding hydrogens is 705 g/mol. The van der Waals surface area contributed by atoms with Gasteiger partial charge < -0.3 is 30.8 Å². The molecule has 4 aromatic rings. The van der Waals surface area contributed by atoms with Gasteiger partial charge in [0.2, 0.25) is 5.91 Å². The van der Waals surface area contributed by atoms with Crippen LogP contribution in [0.15, 0.2) is 66.7 Å². The standard InChI is InChI=1S/C43H51Cl2N5O3/c1-50(33-11-5-4-6-12-33)27-31-20-38(44)30(22-41(31)53-3)25-48-39-16-9-14-35(37(39)23-46)36-15-8-13-34(43(36)45)28-18-19-29(40(21-28)52-2)24-47-26-32-10-7-17-42(51)49-32/h8-9,13-16,18-23,32-33,46-48H,4-7,10-12,17,24-27H2,1-3H3,(H,49,51). The topological polar surface area (TPSA) is 98.7 Å². The summed E-state index contributed by atoms with van der Waals surface area (Å²) in [6.45, 7) is 2.57. The highest BCUT2D eigenvalue weighted by Crippen LogP contribution is 2.40. The minimum Gasteiger partial charge on any atom is -0.496 e. The van der Waals surface area contributed by atoms with Crippen LogP contribution in [0.2, 0.25) is 10.0 Å². The third kappa shape index (κ3) is 9.36. The van der Waals surface area contributed by atoms with Gasteiger partial charge in [0.25, 0.3) is 0 Å². The number of anilines is 1. The number of nitrogens with zero attached hydrogens (tertiary/aromatic N) is 1. The van der Waals surface area contributed by atoms with Crippen LogP contribution in [0.25, 0.3) is 22.3 Å². The molecule has 53 heavy (non-hydrogen) atoms. The predicted octanol–water partition coefficient (Wildman–Crippen LogP) is 9.48. The Kier molecular flexibility index (Phi) is 13.3. The van der Waals surface area contributed by atoms with Crippen LogP contribution in [0.3, 0.4) is 0 Å². The summed E-state index contributed by atoms with van der Waals surface area (Å²) in [6, 6.07) is 22.8. The molecular formula is C43H51Cl2N5O3. The number of rotatable bonds is 15. The number of benzene rings is 4. The molecule has 0 bridgehead atoms. The van der Waals surface area contributed by atoms with E-state index in [0.717, 1.165) is 81.1 Å². The highest BCUT2D eigenvalue weighted by molar-refractivity contribution is 6.36. The number of hydrogen-bond donors (Lipinski definition) is 4. The molecule has 4 aromatic carbocycles. The molecule has 6 rings (SSSR count). The van der Waals surface area contributed by atoms with E-state index in [4.69, 9.17) is 38.1 Å². The smallest absolute Gasteiger partial charge is 0.220 e. The van der Waals surface area contributed by atoms with E-state index in [9.17, 15) is 4.79 Å². The Morgan fingerprint density at radius 3 is 2.34 bits per heavy atom. The number of halogens is 2. The van der Waals surface area contributed by atoms with E-state index in [-0.39, 0.29) is 11.9 Å². The van der Waals surface area contributed by atoms with E-state index in [1.165, 1.54) is 38.3 Å². The van der Waals surface area contributed by atoms with Crippen LogP contribution in [-0.4, -0.2) is 56.9 Å². The van der Waals surface area contributed by atoms with Crippen LogP contribution >= 0.6 is 23.2 Å². The second-order valence-electron chi connectivity index (χ2n) is 14.2. The van der Waals surface area contributed by atoms with Crippen molar-refractivity contribution in [1.82, 2.24) is 15.5 Å². The summed E-state index contributed by atoms with van der Waals surface area (Å²) < 4.78 is 11.6. The Morgan fingerprint density at radius 1 is 0.849 bits per heavy atom. The van der Waals surface area contributed by atoms with E-state index in [2.05, 4.69) is 40.0 Å². The van der Waals surface area contributed by atoms with Gasteiger partial charge in [0.05, 0.1) is 19.2 Å².